The molecule has 2 nitrogen and oxygen atoms in total. The summed E-state index contributed by atoms with van der Waals surface area (Å²) in [5.41, 5.74) is 8.28. The lowest BCUT2D eigenvalue weighted by molar-refractivity contribution is 0.295. The third kappa shape index (κ3) is 2.72. The van der Waals surface area contributed by atoms with Gasteiger partial charge < -0.3 is 10.5 Å². The molecule has 0 bridgehead atoms. The van der Waals surface area contributed by atoms with Gasteiger partial charge in [-0.3, -0.25) is 0 Å². The first-order chi connectivity index (χ1) is 7.16. The Morgan fingerprint density at radius 1 is 1.47 bits per heavy atom. The average molecular weight is 205 g/mol. The van der Waals surface area contributed by atoms with Crippen molar-refractivity contribution in [2.24, 2.45) is 11.7 Å². The van der Waals surface area contributed by atoms with E-state index in [1.807, 2.05) is 13.0 Å². The Morgan fingerprint density at radius 3 is 2.80 bits per heavy atom. The minimum atomic E-state index is 0.0408. The molecule has 2 N–H and O–H groups in total. The third-order valence-corrected chi connectivity index (χ3v) is 2.83. The van der Waals surface area contributed by atoms with E-state index >= 15 is 0 Å². The number of ether oxygens (including phenoxy) is 1. The van der Waals surface area contributed by atoms with Gasteiger partial charge in [-0.2, -0.15) is 0 Å². The van der Waals surface area contributed by atoms with E-state index in [0.29, 0.717) is 0 Å². The fraction of sp³-hybridized carbons (Fsp3) is 0.538. The van der Waals surface area contributed by atoms with Crippen molar-refractivity contribution in [2.75, 3.05) is 6.61 Å². The van der Waals surface area contributed by atoms with Gasteiger partial charge in [0.2, 0.25) is 0 Å². The van der Waals surface area contributed by atoms with Gasteiger partial charge in [0.1, 0.15) is 5.75 Å². The monoisotopic (exact) mass is 205 g/mol. The first-order valence-corrected chi connectivity index (χ1v) is 5.65. The van der Waals surface area contributed by atoms with Crippen molar-refractivity contribution in [1.82, 2.24) is 0 Å². The molecule has 1 aromatic carbocycles. The van der Waals surface area contributed by atoms with Crippen LogP contribution in [0, 0.1) is 12.8 Å². The highest BCUT2D eigenvalue weighted by Gasteiger charge is 2.22. The molecule has 0 aliphatic heterocycles. The highest BCUT2D eigenvalue weighted by atomic mass is 16.5. The summed E-state index contributed by atoms with van der Waals surface area (Å²) in [6.45, 7) is 4.93. The highest BCUT2D eigenvalue weighted by Crippen LogP contribution is 2.31. The smallest absolute Gasteiger partial charge is 0.124 e. The molecule has 1 saturated carbocycles. The molecule has 2 heteroatoms. The molecule has 1 fully saturated rings. The van der Waals surface area contributed by atoms with Gasteiger partial charge in [0.05, 0.1) is 6.61 Å². The fourth-order valence-corrected chi connectivity index (χ4v) is 1.65. The topological polar surface area (TPSA) is 35.2 Å². The minimum absolute atomic E-state index is 0.0408. The lowest BCUT2D eigenvalue weighted by atomic mass is 10.1. The van der Waals surface area contributed by atoms with E-state index < -0.39 is 0 Å². The van der Waals surface area contributed by atoms with Crippen LogP contribution >= 0.6 is 0 Å². The first kappa shape index (κ1) is 10.5. The molecule has 1 aromatic rings. The van der Waals surface area contributed by atoms with Crippen LogP contribution in [0.2, 0.25) is 0 Å². The number of hydrogen-bond donors (Lipinski definition) is 1. The van der Waals surface area contributed by atoms with Crippen molar-refractivity contribution < 1.29 is 4.74 Å². The van der Waals surface area contributed by atoms with E-state index in [0.717, 1.165) is 23.8 Å². The summed E-state index contributed by atoms with van der Waals surface area (Å²) in [5.74, 6) is 1.75. The standard InChI is InChI=1S/C13H19NO/c1-9-3-6-13(12(7-9)10(2)14)15-8-11-4-5-11/h3,6-7,10-11H,4-5,8,14H2,1-2H3. The van der Waals surface area contributed by atoms with Gasteiger partial charge >= 0.3 is 0 Å². The number of hydrogen-bond acceptors (Lipinski definition) is 2. The van der Waals surface area contributed by atoms with Crippen LogP contribution in [-0.2, 0) is 0 Å². The second-order valence-electron chi connectivity index (χ2n) is 4.58. The Labute approximate surface area is 91.4 Å². The van der Waals surface area contributed by atoms with Crippen LogP contribution in [0.3, 0.4) is 0 Å². The van der Waals surface area contributed by atoms with Crippen LogP contribution in [0.4, 0.5) is 0 Å². The summed E-state index contributed by atoms with van der Waals surface area (Å²) in [4.78, 5) is 0. The molecule has 15 heavy (non-hydrogen) atoms. The number of benzene rings is 1. The predicted octanol–water partition coefficient (Wildman–Crippen LogP) is 2.80. The molecular formula is C13H19NO. The molecule has 2 rings (SSSR count). The third-order valence-electron chi connectivity index (χ3n) is 2.83. The van der Waals surface area contributed by atoms with Crippen molar-refractivity contribution >= 4 is 0 Å². The fourth-order valence-electron chi connectivity index (χ4n) is 1.65. The minimum Gasteiger partial charge on any atom is -0.493 e. The highest BCUT2D eigenvalue weighted by molar-refractivity contribution is 5.38. The summed E-state index contributed by atoms with van der Waals surface area (Å²) in [6, 6.07) is 6.27. The Kier molecular flexibility index (Phi) is 2.96. The molecule has 1 aliphatic rings. The van der Waals surface area contributed by atoms with Gasteiger partial charge in [-0.15, -0.1) is 0 Å². The SMILES string of the molecule is Cc1ccc(OCC2CC2)c(C(C)N)c1. The summed E-state index contributed by atoms with van der Waals surface area (Å²) in [5, 5.41) is 0. The molecule has 82 valence electrons. The molecular weight excluding hydrogens is 186 g/mol. The van der Waals surface area contributed by atoms with Crippen LogP contribution < -0.4 is 10.5 Å². The molecule has 0 heterocycles. The van der Waals surface area contributed by atoms with Crippen molar-refractivity contribution in [2.45, 2.75) is 32.7 Å². The van der Waals surface area contributed by atoms with Crippen LogP contribution in [0.25, 0.3) is 0 Å². The molecule has 1 unspecified atom stereocenters. The van der Waals surface area contributed by atoms with Gasteiger partial charge in [0, 0.05) is 11.6 Å². The lowest BCUT2D eigenvalue weighted by Crippen LogP contribution is -2.09. The van der Waals surface area contributed by atoms with E-state index in [2.05, 4.69) is 19.1 Å². The molecule has 0 radical (unpaired) electrons. The van der Waals surface area contributed by atoms with Crippen molar-refractivity contribution in [3.05, 3.63) is 29.3 Å². The van der Waals surface area contributed by atoms with Crippen LogP contribution in [0.5, 0.6) is 5.75 Å². The second kappa shape index (κ2) is 4.23. The summed E-state index contributed by atoms with van der Waals surface area (Å²) >= 11 is 0. The van der Waals surface area contributed by atoms with E-state index in [9.17, 15) is 0 Å². The number of rotatable bonds is 4. The Bertz CT molecular complexity index is 342. The molecule has 1 atom stereocenters. The molecule has 0 amide bonds. The summed E-state index contributed by atoms with van der Waals surface area (Å²) in [7, 11) is 0. The van der Waals surface area contributed by atoms with E-state index in [-0.39, 0.29) is 6.04 Å². The van der Waals surface area contributed by atoms with E-state index in [4.69, 9.17) is 10.5 Å². The maximum Gasteiger partial charge on any atom is 0.124 e. The van der Waals surface area contributed by atoms with Crippen molar-refractivity contribution in [3.63, 3.8) is 0 Å². The number of aryl methyl sites for hydroxylation is 1. The number of nitrogens with two attached hydrogens (primary N) is 1. The molecule has 0 aromatic heterocycles. The zero-order chi connectivity index (χ0) is 10.8. The Morgan fingerprint density at radius 2 is 2.20 bits per heavy atom. The molecule has 0 spiro atoms. The Balaban J connectivity index is 2.12. The van der Waals surface area contributed by atoms with Crippen LogP contribution in [-0.4, -0.2) is 6.61 Å². The largest absolute Gasteiger partial charge is 0.493 e. The normalized spacial score (nSPS) is 17.5. The maximum absolute atomic E-state index is 5.93. The Hall–Kier alpha value is -1.02. The van der Waals surface area contributed by atoms with E-state index in [1.54, 1.807) is 0 Å². The van der Waals surface area contributed by atoms with Crippen LogP contribution in [0.15, 0.2) is 18.2 Å². The maximum atomic E-state index is 5.93. The van der Waals surface area contributed by atoms with Gasteiger partial charge in [0.25, 0.3) is 0 Å². The summed E-state index contributed by atoms with van der Waals surface area (Å²) in [6.07, 6.45) is 2.64. The van der Waals surface area contributed by atoms with Gasteiger partial charge in [-0.05, 0) is 38.7 Å². The van der Waals surface area contributed by atoms with Gasteiger partial charge in [0.15, 0.2) is 0 Å². The lowest BCUT2D eigenvalue weighted by Gasteiger charge is -2.14. The van der Waals surface area contributed by atoms with E-state index in [1.165, 1.54) is 18.4 Å². The first-order valence-electron chi connectivity index (χ1n) is 5.65. The molecule has 1 aliphatic carbocycles. The van der Waals surface area contributed by atoms with Crippen LogP contribution in [0.1, 0.15) is 36.9 Å². The van der Waals surface area contributed by atoms with Gasteiger partial charge in [-0.25, -0.2) is 0 Å². The second-order valence-corrected chi connectivity index (χ2v) is 4.58. The predicted molar refractivity (Wildman–Crippen MR) is 62.0 cm³/mol. The summed E-state index contributed by atoms with van der Waals surface area (Å²) < 4.78 is 5.80. The quantitative estimate of drug-likeness (QED) is 0.820. The zero-order valence-electron chi connectivity index (χ0n) is 9.49. The van der Waals surface area contributed by atoms with Crippen molar-refractivity contribution in [1.29, 1.82) is 0 Å². The average Bonchev–Trinajstić information content (AvgIpc) is 2.99. The molecule has 0 saturated heterocycles. The zero-order valence-corrected chi connectivity index (χ0v) is 9.49. The van der Waals surface area contributed by atoms with Crippen molar-refractivity contribution in [3.8, 4) is 5.75 Å². The van der Waals surface area contributed by atoms with Gasteiger partial charge in [-0.1, -0.05) is 17.7 Å².